The van der Waals surface area contributed by atoms with Crippen LogP contribution in [0.4, 0.5) is 5.95 Å². The first-order valence-corrected chi connectivity index (χ1v) is 9.72. The molecule has 0 aliphatic carbocycles. The zero-order chi connectivity index (χ0) is 18.0. The molecule has 0 amide bonds. The Hall–Kier alpha value is -1.74. The standard InChI is InChI=1S/C16H19ClN4O3S/c1-10-13(9-19-16(18)20-10)11-2-3-14(17)15(8-11)25(22,23)21-12-4-6-24-7-5-12/h2-3,8-9,12,21H,4-7H2,1H3,(H2,18,19,20). The zero-order valence-electron chi connectivity index (χ0n) is 13.7. The van der Waals surface area contributed by atoms with Crippen LogP contribution < -0.4 is 10.5 Å². The maximum atomic E-state index is 12.8. The lowest BCUT2D eigenvalue weighted by Gasteiger charge is -2.23. The SMILES string of the molecule is Cc1nc(N)ncc1-c1ccc(Cl)c(S(=O)(=O)NC2CCOCC2)c1. The van der Waals surface area contributed by atoms with Crippen LogP contribution in [0.3, 0.4) is 0 Å². The second-order valence-electron chi connectivity index (χ2n) is 5.88. The summed E-state index contributed by atoms with van der Waals surface area (Å²) in [6.07, 6.45) is 2.85. The minimum Gasteiger partial charge on any atom is -0.381 e. The number of aromatic nitrogens is 2. The highest BCUT2D eigenvalue weighted by atomic mass is 35.5. The normalized spacial score (nSPS) is 16.1. The average molecular weight is 383 g/mol. The summed E-state index contributed by atoms with van der Waals surface area (Å²) in [5, 5.41) is 0.164. The first kappa shape index (κ1) is 18.1. The van der Waals surface area contributed by atoms with E-state index in [-0.39, 0.29) is 21.9 Å². The van der Waals surface area contributed by atoms with Crippen molar-refractivity contribution in [1.82, 2.24) is 14.7 Å². The molecule has 0 saturated carbocycles. The number of rotatable bonds is 4. The molecule has 0 bridgehead atoms. The Morgan fingerprint density at radius 2 is 2.04 bits per heavy atom. The average Bonchev–Trinajstić information content (AvgIpc) is 2.56. The van der Waals surface area contributed by atoms with Crippen molar-refractivity contribution in [3.8, 4) is 11.1 Å². The third-order valence-electron chi connectivity index (χ3n) is 4.07. The van der Waals surface area contributed by atoms with Gasteiger partial charge >= 0.3 is 0 Å². The number of hydrogen-bond donors (Lipinski definition) is 2. The molecule has 0 radical (unpaired) electrons. The number of nitrogens with two attached hydrogens (primary N) is 1. The molecule has 0 unspecified atom stereocenters. The van der Waals surface area contributed by atoms with E-state index in [1.165, 1.54) is 6.07 Å². The Kier molecular flexibility index (Phi) is 5.24. The van der Waals surface area contributed by atoms with Crippen molar-refractivity contribution in [2.45, 2.75) is 30.7 Å². The fraction of sp³-hybridized carbons (Fsp3) is 0.375. The second kappa shape index (κ2) is 7.25. The van der Waals surface area contributed by atoms with Crippen LogP contribution in [0.2, 0.25) is 5.02 Å². The van der Waals surface area contributed by atoms with E-state index in [1.54, 1.807) is 25.3 Å². The minimum atomic E-state index is -3.75. The van der Waals surface area contributed by atoms with Gasteiger partial charge in [-0.1, -0.05) is 17.7 Å². The van der Waals surface area contributed by atoms with E-state index >= 15 is 0 Å². The van der Waals surface area contributed by atoms with Crippen LogP contribution in [0.5, 0.6) is 0 Å². The molecule has 0 atom stereocenters. The van der Waals surface area contributed by atoms with E-state index in [0.717, 1.165) is 0 Å². The van der Waals surface area contributed by atoms with Gasteiger partial charge in [0.2, 0.25) is 16.0 Å². The van der Waals surface area contributed by atoms with Crippen LogP contribution in [-0.4, -0.2) is 37.6 Å². The van der Waals surface area contributed by atoms with Gasteiger partial charge in [0.05, 0.1) is 10.7 Å². The molecular weight excluding hydrogens is 364 g/mol. The van der Waals surface area contributed by atoms with Crippen molar-refractivity contribution < 1.29 is 13.2 Å². The van der Waals surface area contributed by atoms with Crippen molar-refractivity contribution in [3.05, 3.63) is 35.1 Å². The molecule has 1 aliphatic rings. The van der Waals surface area contributed by atoms with E-state index in [4.69, 9.17) is 22.1 Å². The van der Waals surface area contributed by atoms with Crippen LogP contribution in [-0.2, 0) is 14.8 Å². The number of aryl methyl sites for hydroxylation is 1. The fourth-order valence-electron chi connectivity index (χ4n) is 2.74. The van der Waals surface area contributed by atoms with E-state index in [1.807, 2.05) is 0 Å². The van der Waals surface area contributed by atoms with Gasteiger partial charge < -0.3 is 10.5 Å². The van der Waals surface area contributed by atoms with Gasteiger partial charge in [-0.15, -0.1) is 0 Å². The number of nitrogen functional groups attached to an aromatic ring is 1. The zero-order valence-corrected chi connectivity index (χ0v) is 15.3. The van der Waals surface area contributed by atoms with Crippen molar-refractivity contribution in [2.75, 3.05) is 18.9 Å². The van der Waals surface area contributed by atoms with Crippen molar-refractivity contribution in [2.24, 2.45) is 0 Å². The molecule has 3 N–H and O–H groups in total. The first-order valence-electron chi connectivity index (χ1n) is 7.86. The quantitative estimate of drug-likeness (QED) is 0.838. The molecule has 1 aliphatic heterocycles. The van der Waals surface area contributed by atoms with Crippen LogP contribution in [0.15, 0.2) is 29.3 Å². The largest absolute Gasteiger partial charge is 0.381 e. The number of nitrogens with one attached hydrogen (secondary N) is 1. The number of sulfonamides is 1. The van der Waals surface area contributed by atoms with Gasteiger partial charge in [0.25, 0.3) is 0 Å². The maximum absolute atomic E-state index is 12.8. The molecule has 1 saturated heterocycles. The topological polar surface area (TPSA) is 107 Å². The van der Waals surface area contributed by atoms with Crippen LogP contribution >= 0.6 is 11.6 Å². The maximum Gasteiger partial charge on any atom is 0.242 e. The molecule has 9 heteroatoms. The summed E-state index contributed by atoms with van der Waals surface area (Å²) >= 11 is 6.16. The Balaban J connectivity index is 1.95. The molecule has 1 fully saturated rings. The third kappa shape index (κ3) is 4.09. The van der Waals surface area contributed by atoms with E-state index in [0.29, 0.717) is 42.9 Å². The molecule has 134 valence electrons. The number of ether oxygens (including phenoxy) is 1. The van der Waals surface area contributed by atoms with Gasteiger partial charge in [-0.05, 0) is 37.5 Å². The monoisotopic (exact) mass is 382 g/mol. The summed E-state index contributed by atoms with van der Waals surface area (Å²) in [5.74, 6) is 0.171. The highest BCUT2D eigenvalue weighted by molar-refractivity contribution is 7.89. The van der Waals surface area contributed by atoms with Crippen molar-refractivity contribution >= 4 is 27.6 Å². The highest BCUT2D eigenvalue weighted by Gasteiger charge is 2.24. The van der Waals surface area contributed by atoms with Gasteiger partial charge in [0.1, 0.15) is 4.90 Å². The molecule has 2 heterocycles. The molecular formula is C16H19ClN4O3S. The van der Waals surface area contributed by atoms with Gasteiger partial charge in [0.15, 0.2) is 0 Å². The third-order valence-corrected chi connectivity index (χ3v) is 6.07. The fourth-order valence-corrected chi connectivity index (χ4v) is 4.57. The number of hydrogen-bond acceptors (Lipinski definition) is 6. The molecule has 25 heavy (non-hydrogen) atoms. The Bertz CT molecular complexity index is 883. The van der Waals surface area contributed by atoms with Crippen LogP contribution in [0.1, 0.15) is 18.5 Å². The summed E-state index contributed by atoms with van der Waals surface area (Å²) < 4.78 is 33.5. The van der Waals surface area contributed by atoms with Gasteiger partial charge in [-0.2, -0.15) is 0 Å². The molecule has 0 spiro atoms. The first-order chi connectivity index (χ1) is 11.9. The summed E-state index contributed by atoms with van der Waals surface area (Å²) in [6.45, 7) is 2.88. The van der Waals surface area contributed by atoms with Crippen LogP contribution in [0, 0.1) is 6.92 Å². The molecule has 7 nitrogen and oxygen atoms in total. The van der Waals surface area contributed by atoms with Crippen molar-refractivity contribution in [1.29, 1.82) is 0 Å². The number of anilines is 1. The molecule has 1 aromatic carbocycles. The molecule has 3 rings (SSSR count). The lowest BCUT2D eigenvalue weighted by molar-refractivity contribution is 0.0832. The smallest absolute Gasteiger partial charge is 0.242 e. The van der Waals surface area contributed by atoms with Crippen LogP contribution in [0.25, 0.3) is 11.1 Å². The second-order valence-corrected chi connectivity index (χ2v) is 7.97. The number of nitrogens with zero attached hydrogens (tertiary/aromatic N) is 2. The summed E-state index contributed by atoms with van der Waals surface area (Å²) in [6, 6.07) is 4.68. The lowest BCUT2D eigenvalue weighted by Crippen LogP contribution is -2.38. The molecule has 2 aromatic rings. The van der Waals surface area contributed by atoms with E-state index in [2.05, 4.69) is 14.7 Å². The molecule has 1 aromatic heterocycles. The Labute approximate surface area is 151 Å². The Morgan fingerprint density at radius 3 is 2.72 bits per heavy atom. The van der Waals surface area contributed by atoms with Gasteiger partial charge in [0, 0.05) is 31.0 Å². The summed E-state index contributed by atoms with van der Waals surface area (Å²) in [4.78, 5) is 8.13. The van der Waals surface area contributed by atoms with E-state index in [9.17, 15) is 8.42 Å². The van der Waals surface area contributed by atoms with Gasteiger partial charge in [-0.3, -0.25) is 0 Å². The summed E-state index contributed by atoms with van der Waals surface area (Å²) in [7, 11) is -3.75. The minimum absolute atomic E-state index is 0.0365. The highest BCUT2D eigenvalue weighted by Crippen LogP contribution is 2.29. The summed E-state index contributed by atoms with van der Waals surface area (Å²) in [5.41, 5.74) is 7.60. The van der Waals surface area contributed by atoms with Crippen molar-refractivity contribution in [3.63, 3.8) is 0 Å². The predicted molar refractivity (Wildman–Crippen MR) is 95.8 cm³/mol. The number of halogens is 1. The Morgan fingerprint density at radius 1 is 1.32 bits per heavy atom. The lowest BCUT2D eigenvalue weighted by atomic mass is 10.1. The van der Waals surface area contributed by atoms with Gasteiger partial charge in [-0.25, -0.2) is 23.1 Å². The predicted octanol–water partition coefficient (Wildman–Crippen LogP) is 2.14. The van der Waals surface area contributed by atoms with E-state index < -0.39 is 10.0 Å². The number of benzene rings is 1.